The maximum atomic E-state index is 12.4. The first kappa shape index (κ1) is 11.0. The minimum atomic E-state index is -5.11. The van der Waals surface area contributed by atoms with Crippen molar-refractivity contribution in [2.24, 2.45) is 0 Å². The van der Waals surface area contributed by atoms with Crippen LogP contribution in [0.25, 0.3) is 5.64 Å². The summed E-state index contributed by atoms with van der Waals surface area (Å²) in [7, 11) is 0. The lowest BCUT2D eigenvalue weighted by atomic mass is 10.7. The average Bonchev–Trinajstić information content (AvgIpc) is 2.06. The lowest BCUT2D eigenvalue weighted by Gasteiger charge is -2.19. The highest BCUT2D eigenvalue weighted by Gasteiger charge is 2.67. The highest BCUT2D eigenvalue weighted by Crippen LogP contribution is 2.43. The third-order valence-electron chi connectivity index (χ3n) is 0.954. The number of nitrogens with zero attached hydrogens (tertiary/aromatic N) is 1. The zero-order valence-corrected chi connectivity index (χ0v) is 7.04. The third-order valence-corrected chi connectivity index (χ3v) is 2.83. The molecule has 0 amide bonds. The van der Waals surface area contributed by atoms with E-state index in [4.69, 9.17) is 0 Å². The van der Waals surface area contributed by atoms with Crippen LogP contribution in [0.4, 0.5) is 17.6 Å². The summed E-state index contributed by atoms with van der Waals surface area (Å²) in [5, 5.41) is -10.2. The van der Waals surface area contributed by atoms with Crippen molar-refractivity contribution in [3.63, 3.8) is 0 Å². The molecule has 13 heavy (non-hydrogen) atoms. The molecule has 1 heterocycles. The summed E-state index contributed by atoms with van der Waals surface area (Å²) in [5.41, 5.74) is 2.06. The highest BCUT2D eigenvalue weighted by molar-refractivity contribution is 7.86. The summed E-state index contributed by atoms with van der Waals surface area (Å²) in [4.78, 5) is 0. The van der Waals surface area contributed by atoms with Crippen LogP contribution in [0.1, 0.15) is 0 Å². The summed E-state index contributed by atoms with van der Waals surface area (Å²) < 4.78 is 76.6. The van der Waals surface area contributed by atoms with Crippen molar-refractivity contribution < 1.29 is 34.5 Å². The number of alkyl halides is 4. The highest BCUT2D eigenvalue weighted by atomic mass is 32.2. The fourth-order valence-corrected chi connectivity index (χ4v) is 1.55. The van der Waals surface area contributed by atoms with E-state index in [1.165, 1.54) is 0 Å². The van der Waals surface area contributed by atoms with E-state index in [-0.39, 0.29) is 0 Å². The Morgan fingerprint density at radius 1 is 0.923 bits per heavy atom. The van der Waals surface area contributed by atoms with Gasteiger partial charge in [-0.3, -0.25) is 0 Å². The molecule has 0 bridgehead atoms. The van der Waals surface area contributed by atoms with E-state index in [1.54, 1.807) is 0 Å². The average molecular weight is 242 g/mol. The molecule has 5 nitrogen and oxygen atoms in total. The Labute approximate surface area is 73.6 Å². The Bertz CT molecular complexity index is 243. The molecular weight excluding hydrogens is 242 g/mol. The molecule has 0 radical (unpaired) electrons. The fourth-order valence-electron chi connectivity index (χ4n) is 0.355. The zero-order chi connectivity index (χ0) is 10.3. The first-order chi connectivity index (χ1) is 5.80. The van der Waals surface area contributed by atoms with Gasteiger partial charge in [0.25, 0.3) is 0 Å². The van der Waals surface area contributed by atoms with Gasteiger partial charge in [-0.05, 0) is 0 Å². The van der Waals surface area contributed by atoms with Crippen molar-refractivity contribution in [1.82, 2.24) is 0 Å². The minimum absolute atomic E-state index is 2.06. The minimum Gasteiger partial charge on any atom is -0.375 e. The Hall–Kier alpha value is -0.100. The van der Waals surface area contributed by atoms with Gasteiger partial charge in [0, 0.05) is 0 Å². The Morgan fingerprint density at radius 2 is 1.23 bits per heavy atom. The summed E-state index contributed by atoms with van der Waals surface area (Å²) in [5.74, 6) is 0. The number of rotatable bonds is 0. The van der Waals surface area contributed by atoms with Gasteiger partial charge in [0.05, 0.1) is 0 Å². The second kappa shape index (κ2) is 3.24. The first-order valence-corrected chi connectivity index (χ1v) is 4.60. The maximum Gasteiger partial charge on any atom is 0.420 e. The van der Waals surface area contributed by atoms with Crippen LogP contribution in [0.15, 0.2) is 0 Å². The van der Waals surface area contributed by atoms with Crippen molar-refractivity contribution in [1.29, 1.82) is 0 Å². The molecule has 0 aliphatic carbocycles. The molecule has 2 atom stereocenters. The molecule has 1 aliphatic heterocycles. The standard InChI is InChI=1S/C2F4NO4S2/c3-1(4)2(5,6)13(9)11-7-10-12(1)8/q-1. The Balaban J connectivity index is 3.12. The monoisotopic (exact) mass is 242 g/mol. The van der Waals surface area contributed by atoms with Gasteiger partial charge in [-0.25, -0.2) is 8.42 Å². The van der Waals surface area contributed by atoms with E-state index in [2.05, 4.69) is 14.2 Å². The van der Waals surface area contributed by atoms with Crippen molar-refractivity contribution in [3.8, 4) is 0 Å². The zero-order valence-electron chi connectivity index (χ0n) is 5.41. The first-order valence-electron chi connectivity index (χ1n) is 2.45. The Kier molecular flexibility index (Phi) is 2.73. The summed E-state index contributed by atoms with van der Waals surface area (Å²) >= 11 is -7.45. The van der Waals surface area contributed by atoms with Gasteiger partial charge in [-0.2, -0.15) is 17.6 Å². The van der Waals surface area contributed by atoms with Crippen LogP contribution in [0.5, 0.6) is 0 Å². The summed E-state index contributed by atoms with van der Waals surface area (Å²) in [6.07, 6.45) is 0. The predicted molar refractivity (Wildman–Crippen MR) is 31.7 cm³/mol. The number of hydrogen-bond acceptors (Lipinski definition) is 4. The smallest absolute Gasteiger partial charge is 0.375 e. The SMILES string of the molecule is O=S1O[N-]OS(=O)C(F)(F)C1(F)F. The lowest BCUT2D eigenvalue weighted by molar-refractivity contribution is -0.0949. The van der Waals surface area contributed by atoms with Crippen molar-refractivity contribution >= 4 is 22.2 Å². The van der Waals surface area contributed by atoms with Gasteiger partial charge in [0.2, 0.25) is 22.2 Å². The topological polar surface area (TPSA) is 66.7 Å². The van der Waals surface area contributed by atoms with Crippen LogP contribution in [-0.2, 0) is 30.7 Å². The molecule has 0 N–H and O–H groups in total. The van der Waals surface area contributed by atoms with E-state index in [0.717, 1.165) is 0 Å². The van der Waals surface area contributed by atoms with Gasteiger partial charge in [0.1, 0.15) is 0 Å². The van der Waals surface area contributed by atoms with Crippen LogP contribution in [0, 0.1) is 0 Å². The Morgan fingerprint density at radius 3 is 1.54 bits per heavy atom. The van der Waals surface area contributed by atoms with Crippen LogP contribution in [0.3, 0.4) is 0 Å². The quantitative estimate of drug-likeness (QED) is 0.588. The van der Waals surface area contributed by atoms with E-state index >= 15 is 0 Å². The van der Waals surface area contributed by atoms with Gasteiger partial charge < -0.3 is 14.2 Å². The van der Waals surface area contributed by atoms with Gasteiger partial charge >= 0.3 is 10.5 Å². The normalized spacial score (nSPS) is 38.2. The molecular formula is C2F4NO4S2-. The fraction of sp³-hybridized carbons (Fsp3) is 1.00. The molecule has 0 saturated carbocycles. The van der Waals surface area contributed by atoms with Crippen molar-refractivity contribution in [3.05, 3.63) is 5.64 Å². The van der Waals surface area contributed by atoms with E-state index in [1.807, 2.05) is 0 Å². The molecule has 0 aromatic heterocycles. The van der Waals surface area contributed by atoms with E-state index in [0.29, 0.717) is 0 Å². The van der Waals surface area contributed by atoms with E-state index in [9.17, 15) is 26.0 Å². The predicted octanol–water partition coefficient (Wildman–Crippen LogP) is 0.750. The number of hydrogen-bond donors (Lipinski definition) is 0. The maximum absolute atomic E-state index is 12.4. The third kappa shape index (κ3) is 1.61. The molecule has 0 aromatic carbocycles. The number of halogens is 4. The summed E-state index contributed by atoms with van der Waals surface area (Å²) in [6.45, 7) is 0. The summed E-state index contributed by atoms with van der Waals surface area (Å²) in [6, 6.07) is 0. The van der Waals surface area contributed by atoms with Crippen LogP contribution in [-0.4, -0.2) is 18.9 Å². The second-order valence-electron chi connectivity index (χ2n) is 1.73. The molecule has 11 heteroatoms. The molecule has 1 rings (SSSR count). The van der Waals surface area contributed by atoms with Crippen LogP contribution < -0.4 is 0 Å². The largest absolute Gasteiger partial charge is 0.420 e. The molecule has 0 aromatic rings. The molecule has 1 fully saturated rings. The van der Waals surface area contributed by atoms with Gasteiger partial charge in [-0.1, -0.05) is 0 Å². The molecule has 1 aliphatic rings. The molecule has 2 unspecified atom stereocenters. The lowest BCUT2D eigenvalue weighted by Crippen LogP contribution is -2.45. The van der Waals surface area contributed by atoms with Gasteiger partial charge in [0.15, 0.2) is 0 Å². The molecule has 1 saturated heterocycles. The molecule has 78 valence electrons. The van der Waals surface area contributed by atoms with Crippen molar-refractivity contribution in [2.75, 3.05) is 0 Å². The van der Waals surface area contributed by atoms with Gasteiger partial charge in [-0.15, -0.1) is 0 Å². The van der Waals surface area contributed by atoms with Crippen molar-refractivity contribution in [2.45, 2.75) is 10.5 Å². The molecule has 0 spiro atoms. The van der Waals surface area contributed by atoms with E-state index < -0.39 is 32.7 Å². The van der Waals surface area contributed by atoms with Crippen LogP contribution in [0.2, 0.25) is 0 Å². The second-order valence-corrected chi connectivity index (χ2v) is 3.99. The van der Waals surface area contributed by atoms with Crippen LogP contribution >= 0.6 is 0 Å².